The van der Waals surface area contributed by atoms with Crippen LogP contribution in [-0.2, 0) is 11.3 Å². The molecule has 0 N–H and O–H groups in total. The van der Waals surface area contributed by atoms with Crippen molar-refractivity contribution in [3.63, 3.8) is 0 Å². The summed E-state index contributed by atoms with van der Waals surface area (Å²) in [6.45, 7) is 3.38. The summed E-state index contributed by atoms with van der Waals surface area (Å²) in [7, 11) is 0. The molecule has 0 spiro atoms. The third-order valence-electron chi connectivity index (χ3n) is 4.76. The number of fused-ring (bicyclic) bond motifs is 1. The van der Waals surface area contributed by atoms with E-state index >= 15 is 0 Å². The van der Waals surface area contributed by atoms with Gasteiger partial charge in [-0.05, 0) is 48.7 Å². The number of rotatable bonds is 3. The standard InChI is InChI=1S/C19H20N2OS/c1-14-12-15-6-2-3-7-16(15)21(14)13-19(22)20-10-4-8-17(20)18-9-5-11-23-18/h2-3,5-7,9,11-12,17H,4,8,10,13H2,1H3. The van der Waals surface area contributed by atoms with Crippen molar-refractivity contribution in [3.05, 3.63) is 58.4 Å². The first-order valence-corrected chi connectivity index (χ1v) is 9.00. The average molecular weight is 324 g/mol. The molecule has 1 saturated heterocycles. The van der Waals surface area contributed by atoms with Crippen molar-refractivity contribution >= 4 is 28.1 Å². The maximum absolute atomic E-state index is 12.9. The van der Waals surface area contributed by atoms with E-state index < -0.39 is 0 Å². The van der Waals surface area contributed by atoms with Crippen LogP contribution in [0.5, 0.6) is 0 Å². The Hall–Kier alpha value is -2.07. The predicted octanol–water partition coefficient (Wildman–Crippen LogP) is 4.37. The average Bonchev–Trinajstić information content (AvgIpc) is 3.26. The molecule has 4 heteroatoms. The summed E-state index contributed by atoms with van der Waals surface area (Å²) in [4.78, 5) is 16.3. The van der Waals surface area contributed by atoms with Crippen molar-refractivity contribution in [1.82, 2.24) is 9.47 Å². The molecule has 3 nitrogen and oxygen atoms in total. The Labute approximate surface area is 140 Å². The van der Waals surface area contributed by atoms with Crippen molar-refractivity contribution in [3.8, 4) is 0 Å². The molecule has 118 valence electrons. The summed E-state index contributed by atoms with van der Waals surface area (Å²) in [6.07, 6.45) is 2.18. The molecule has 3 heterocycles. The third-order valence-corrected chi connectivity index (χ3v) is 5.73. The molecule has 1 atom stereocenters. The van der Waals surface area contributed by atoms with Crippen molar-refractivity contribution in [2.45, 2.75) is 32.4 Å². The Kier molecular flexibility index (Phi) is 3.69. The number of nitrogens with zero attached hydrogens (tertiary/aromatic N) is 2. The highest BCUT2D eigenvalue weighted by Crippen LogP contribution is 2.34. The number of likely N-dealkylation sites (tertiary alicyclic amines) is 1. The number of hydrogen-bond acceptors (Lipinski definition) is 2. The lowest BCUT2D eigenvalue weighted by atomic mass is 10.2. The van der Waals surface area contributed by atoms with E-state index in [1.165, 1.54) is 10.3 Å². The lowest BCUT2D eigenvalue weighted by Crippen LogP contribution is -2.33. The van der Waals surface area contributed by atoms with Gasteiger partial charge < -0.3 is 9.47 Å². The van der Waals surface area contributed by atoms with Gasteiger partial charge in [0.1, 0.15) is 6.54 Å². The summed E-state index contributed by atoms with van der Waals surface area (Å²) >= 11 is 1.75. The highest BCUT2D eigenvalue weighted by atomic mass is 32.1. The second-order valence-electron chi connectivity index (χ2n) is 6.19. The quantitative estimate of drug-likeness (QED) is 0.702. The smallest absolute Gasteiger partial charge is 0.243 e. The Morgan fingerprint density at radius 3 is 2.96 bits per heavy atom. The predicted molar refractivity (Wildman–Crippen MR) is 94.7 cm³/mol. The van der Waals surface area contributed by atoms with Gasteiger partial charge in [0.25, 0.3) is 0 Å². The van der Waals surface area contributed by atoms with Gasteiger partial charge in [-0.15, -0.1) is 11.3 Å². The monoisotopic (exact) mass is 324 g/mol. The van der Waals surface area contributed by atoms with Gasteiger partial charge in [-0.1, -0.05) is 24.3 Å². The van der Waals surface area contributed by atoms with Crippen molar-refractivity contribution in [2.75, 3.05) is 6.54 Å². The van der Waals surface area contributed by atoms with Gasteiger partial charge in [0.2, 0.25) is 5.91 Å². The Morgan fingerprint density at radius 2 is 2.13 bits per heavy atom. The van der Waals surface area contributed by atoms with E-state index in [0.717, 1.165) is 30.6 Å². The van der Waals surface area contributed by atoms with E-state index in [9.17, 15) is 4.79 Å². The minimum Gasteiger partial charge on any atom is -0.335 e. The molecular weight excluding hydrogens is 304 g/mol. The Morgan fingerprint density at radius 1 is 1.26 bits per heavy atom. The largest absolute Gasteiger partial charge is 0.335 e. The molecule has 1 amide bonds. The van der Waals surface area contributed by atoms with E-state index in [1.54, 1.807) is 11.3 Å². The van der Waals surface area contributed by atoms with E-state index in [0.29, 0.717) is 6.54 Å². The summed E-state index contributed by atoms with van der Waals surface area (Å²) in [5.74, 6) is 0.227. The Bertz CT molecular complexity index is 834. The molecule has 1 aliphatic heterocycles. The van der Waals surface area contributed by atoms with Gasteiger partial charge >= 0.3 is 0 Å². The van der Waals surface area contributed by atoms with E-state index in [1.807, 2.05) is 12.1 Å². The van der Waals surface area contributed by atoms with Gasteiger partial charge in [-0.2, -0.15) is 0 Å². The number of para-hydroxylation sites is 1. The number of thiophene rings is 1. The fraction of sp³-hybridized carbons (Fsp3) is 0.316. The van der Waals surface area contributed by atoms with Crippen LogP contribution >= 0.6 is 11.3 Å². The highest BCUT2D eigenvalue weighted by Gasteiger charge is 2.30. The molecule has 0 aliphatic carbocycles. The van der Waals surface area contributed by atoms with Gasteiger partial charge in [0.15, 0.2) is 0 Å². The minimum atomic E-state index is 0.227. The summed E-state index contributed by atoms with van der Waals surface area (Å²) < 4.78 is 2.14. The van der Waals surface area contributed by atoms with Crippen LogP contribution in [0.4, 0.5) is 0 Å². The second-order valence-corrected chi connectivity index (χ2v) is 7.17. The first kappa shape index (κ1) is 14.5. The van der Waals surface area contributed by atoms with Crippen LogP contribution in [0.3, 0.4) is 0 Å². The number of carbonyl (C=O) groups is 1. The minimum absolute atomic E-state index is 0.227. The zero-order valence-electron chi connectivity index (χ0n) is 13.2. The molecular formula is C19H20N2OS. The summed E-state index contributed by atoms with van der Waals surface area (Å²) in [6, 6.07) is 14.9. The molecule has 3 aromatic rings. The van der Waals surface area contributed by atoms with Gasteiger partial charge in [0, 0.05) is 22.6 Å². The summed E-state index contributed by atoms with van der Waals surface area (Å²) in [5.41, 5.74) is 2.29. The van der Waals surface area contributed by atoms with E-state index in [2.05, 4.69) is 52.1 Å². The first-order chi connectivity index (χ1) is 11.2. The molecule has 0 bridgehead atoms. The van der Waals surface area contributed by atoms with Crippen molar-refractivity contribution < 1.29 is 4.79 Å². The fourth-order valence-corrected chi connectivity index (χ4v) is 4.50. The normalized spacial score (nSPS) is 18.0. The number of aromatic nitrogens is 1. The van der Waals surface area contributed by atoms with Crippen LogP contribution in [-0.4, -0.2) is 21.9 Å². The van der Waals surface area contributed by atoms with Crippen molar-refractivity contribution in [2.24, 2.45) is 0 Å². The number of aryl methyl sites for hydroxylation is 1. The van der Waals surface area contributed by atoms with Crippen LogP contribution in [0.1, 0.15) is 29.5 Å². The van der Waals surface area contributed by atoms with Crippen LogP contribution in [0, 0.1) is 6.92 Å². The molecule has 2 aromatic heterocycles. The second kappa shape index (κ2) is 5.85. The highest BCUT2D eigenvalue weighted by molar-refractivity contribution is 7.10. The number of benzene rings is 1. The topological polar surface area (TPSA) is 25.2 Å². The maximum Gasteiger partial charge on any atom is 0.243 e. The molecule has 23 heavy (non-hydrogen) atoms. The molecule has 1 aliphatic rings. The fourth-order valence-electron chi connectivity index (χ4n) is 3.63. The summed E-state index contributed by atoms with van der Waals surface area (Å²) in [5, 5.41) is 3.30. The van der Waals surface area contributed by atoms with Crippen LogP contribution < -0.4 is 0 Å². The molecule has 1 fully saturated rings. The van der Waals surface area contributed by atoms with Crippen LogP contribution in [0.15, 0.2) is 47.8 Å². The van der Waals surface area contributed by atoms with Gasteiger partial charge in [-0.25, -0.2) is 0 Å². The van der Waals surface area contributed by atoms with Gasteiger partial charge in [0.05, 0.1) is 6.04 Å². The number of carbonyl (C=O) groups excluding carboxylic acids is 1. The lowest BCUT2D eigenvalue weighted by molar-refractivity contribution is -0.132. The zero-order chi connectivity index (χ0) is 15.8. The third kappa shape index (κ3) is 2.57. The maximum atomic E-state index is 12.9. The molecule has 0 radical (unpaired) electrons. The number of hydrogen-bond donors (Lipinski definition) is 0. The molecule has 1 unspecified atom stereocenters. The SMILES string of the molecule is Cc1cc2ccccc2n1CC(=O)N1CCCC1c1cccs1. The zero-order valence-corrected chi connectivity index (χ0v) is 14.1. The lowest BCUT2D eigenvalue weighted by Gasteiger charge is -2.24. The van der Waals surface area contributed by atoms with Crippen molar-refractivity contribution in [1.29, 1.82) is 0 Å². The molecule has 4 rings (SSSR count). The van der Waals surface area contributed by atoms with E-state index in [-0.39, 0.29) is 11.9 Å². The Balaban J connectivity index is 1.61. The number of amides is 1. The molecule has 0 saturated carbocycles. The van der Waals surface area contributed by atoms with Gasteiger partial charge in [-0.3, -0.25) is 4.79 Å². The van der Waals surface area contributed by atoms with E-state index in [4.69, 9.17) is 0 Å². The van der Waals surface area contributed by atoms with Crippen LogP contribution in [0.2, 0.25) is 0 Å². The molecule has 1 aromatic carbocycles. The van der Waals surface area contributed by atoms with Crippen LogP contribution in [0.25, 0.3) is 10.9 Å². The first-order valence-electron chi connectivity index (χ1n) is 8.12.